The zero-order valence-corrected chi connectivity index (χ0v) is 15.1. The van der Waals surface area contributed by atoms with Crippen LogP contribution in [0.2, 0.25) is 0 Å². The summed E-state index contributed by atoms with van der Waals surface area (Å²) in [6.45, 7) is 0. The van der Waals surface area contributed by atoms with Gasteiger partial charge in [0, 0.05) is 34.6 Å². The van der Waals surface area contributed by atoms with Gasteiger partial charge in [0.1, 0.15) is 5.82 Å². The highest BCUT2D eigenvalue weighted by molar-refractivity contribution is 6.04. The molecule has 2 heterocycles. The van der Waals surface area contributed by atoms with E-state index in [0.29, 0.717) is 0 Å². The van der Waals surface area contributed by atoms with Crippen LogP contribution in [0, 0.1) is 0 Å². The molecule has 0 saturated carbocycles. The average Bonchev–Trinajstić information content (AvgIpc) is 3.39. The van der Waals surface area contributed by atoms with Gasteiger partial charge in [0.05, 0.1) is 17.1 Å². The van der Waals surface area contributed by atoms with Gasteiger partial charge < -0.3 is 10.2 Å². The number of aromatic nitrogens is 3. The molecule has 136 valence electrons. The van der Waals surface area contributed by atoms with Crippen molar-refractivity contribution in [3.05, 3.63) is 84.2 Å². The van der Waals surface area contributed by atoms with Crippen LogP contribution in [0.1, 0.15) is 17.5 Å². The molecule has 0 atom stereocenters. The van der Waals surface area contributed by atoms with Gasteiger partial charge in [-0.25, -0.2) is 4.98 Å². The zero-order valence-electron chi connectivity index (χ0n) is 15.1. The van der Waals surface area contributed by atoms with Gasteiger partial charge in [-0.15, -0.1) is 0 Å². The number of nitrogens with one attached hydrogen (secondary N) is 1. The lowest BCUT2D eigenvalue weighted by Gasteiger charge is -2.06. The van der Waals surface area contributed by atoms with Crippen molar-refractivity contribution in [2.24, 2.45) is 5.16 Å². The molecular weight excluding hydrogens is 348 g/mol. The lowest BCUT2D eigenvalue weighted by molar-refractivity contribution is 0.318. The number of rotatable bonds is 3. The molecule has 28 heavy (non-hydrogen) atoms. The predicted octanol–water partition coefficient (Wildman–Crippen LogP) is 4.93. The van der Waals surface area contributed by atoms with Gasteiger partial charge in [0.15, 0.2) is 0 Å². The Morgan fingerprint density at radius 2 is 1.68 bits per heavy atom. The molecule has 2 N–H and O–H groups in total. The van der Waals surface area contributed by atoms with Crippen molar-refractivity contribution in [2.75, 3.05) is 0 Å². The van der Waals surface area contributed by atoms with E-state index in [1.54, 1.807) is 12.4 Å². The molecule has 2 aromatic carbocycles. The number of pyridine rings is 1. The molecule has 5 nitrogen and oxygen atoms in total. The second-order valence-corrected chi connectivity index (χ2v) is 6.83. The molecule has 0 fully saturated rings. The minimum absolute atomic E-state index is 0.753. The number of hydrogen-bond donors (Lipinski definition) is 2. The molecule has 5 heteroatoms. The third kappa shape index (κ3) is 2.77. The molecule has 0 radical (unpaired) electrons. The predicted molar refractivity (Wildman–Crippen MR) is 109 cm³/mol. The van der Waals surface area contributed by atoms with E-state index in [9.17, 15) is 5.21 Å². The lowest BCUT2D eigenvalue weighted by Crippen LogP contribution is -1.94. The highest BCUT2D eigenvalue weighted by Gasteiger charge is 2.21. The minimum atomic E-state index is 0.753. The Bertz CT molecular complexity index is 1160. The zero-order chi connectivity index (χ0) is 18.9. The van der Waals surface area contributed by atoms with E-state index in [4.69, 9.17) is 4.98 Å². The first-order valence-corrected chi connectivity index (χ1v) is 9.24. The van der Waals surface area contributed by atoms with Crippen LogP contribution in [0.5, 0.6) is 0 Å². The Morgan fingerprint density at radius 1 is 0.857 bits per heavy atom. The number of aryl methyl sites for hydroxylation is 1. The maximum Gasteiger partial charge on any atom is 0.138 e. The Kier molecular flexibility index (Phi) is 3.98. The topological polar surface area (TPSA) is 74.2 Å². The lowest BCUT2D eigenvalue weighted by atomic mass is 10.0. The van der Waals surface area contributed by atoms with Crippen molar-refractivity contribution in [1.29, 1.82) is 0 Å². The SMILES string of the molecule is O/N=C1/CCc2cc(-c3nc(-c4ccccc4)[nH]c3-c3ccncc3)ccc21. The normalized spacial score (nSPS) is 14.4. The summed E-state index contributed by atoms with van der Waals surface area (Å²) in [5.41, 5.74) is 7.96. The third-order valence-corrected chi connectivity index (χ3v) is 5.16. The Balaban J connectivity index is 1.67. The van der Waals surface area contributed by atoms with E-state index in [1.807, 2.05) is 54.6 Å². The molecule has 0 amide bonds. The van der Waals surface area contributed by atoms with Crippen LogP contribution in [0.4, 0.5) is 0 Å². The largest absolute Gasteiger partial charge is 0.411 e. The molecule has 0 spiro atoms. The van der Waals surface area contributed by atoms with Crippen LogP contribution in [0.25, 0.3) is 33.9 Å². The number of benzene rings is 2. The Hall–Kier alpha value is -3.73. The molecule has 1 aliphatic rings. The van der Waals surface area contributed by atoms with Crippen LogP contribution < -0.4 is 0 Å². The van der Waals surface area contributed by atoms with Crippen molar-refractivity contribution in [1.82, 2.24) is 15.0 Å². The first kappa shape index (κ1) is 16.4. The van der Waals surface area contributed by atoms with E-state index in [-0.39, 0.29) is 0 Å². The number of H-pyrrole nitrogens is 1. The third-order valence-electron chi connectivity index (χ3n) is 5.16. The monoisotopic (exact) mass is 366 g/mol. The summed E-state index contributed by atoms with van der Waals surface area (Å²) >= 11 is 0. The molecule has 0 unspecified atom stereocenters. The maximum atomic E-state index is 9.19. The van der Waals surface area contributed by atoms with Crippen LogP contribution in [-0.4, -0.2) is 25.9 Å². The summed E-state index contributed by atoms with van der Waals surface area (Å²) in [5.74, 6) is 0.834. The van der Waals surface area contributed by atoms with E-state index < -0.39 is 0 Å². The van der Waals surface area contributed by atoms with Crippen LogP contribution in [0.15, 0.2) is 78.2 Å². The van der Waals surface area contributed by atoms with Gasteiger partial charge in [-0.3, -0.25) is 4.98 Å². The maximum absolute atomic E-state index is 9.19. The molecule has 1 aliphatic carbocycles. The van der Waals surface area contributed by atoms with Crippen LogP contribution in [0.3, 0.4) is 0 Å². The van der Waals surface area contributed by atoms with Gasteiger partial charge in [-0.05, 0) is 36.6 Å². The fourth-order valence-corrected chi connectivity index (χ4v) is 3.76. The first-order valence-electron chi connectivity index (χ1n) is 9.24. The summed E-state index contributed by atoms with van der Waals surface area (Å²) in [4.78, 5) is 12.6. The number of nitrogens with zero attached hydrogens (tertiary/aromatic N) is 3. The molecular formula is C23H18N4O. The molecule has 2 aromatic heterocycles. The number of hydrogen-bond acceptors (Lipinski definition) is 4. The Labute approximate surface area is 162 Å². The molecule has 0 saturated heterocycles. The highest BCUT2D eigenvalue weighted by atomic mass is 16.4. The minimum Gasteiger partial charge on any atom is -0.411 e. The average molecular weight is 366 g/mol. The summed E-state index contributed by atoms with van der Waals surface area (Å²) in [6, 6.07) is 20.3. The number of imidazole rings is 1. The second kappa shape index (κ2) is 6.78. The van der Waals surface area contributed by atoms with Crippen molar-refractivity contribution in [2.45, 2.75) is 12.8 Å². The van der Waals surface area contributed by atoms with Gasteiger partial charge in [0.2, 0.25) is 0 Å². The summed E-state index contributed by atoms with van der Waals surface area (Å²) in [7, 11) is 0. The standard InChI is InChI=1S/C23H18N4O/c28-27-20-9-7-17-14-18(6-8-19(17)20)22-21(15-10-12-24-13-11-15)25-23(26-22)16-4-2-1-3-5-16/h1-6,8,10-14,28H,7,9H2,(H,25,26)/b27-20-. The van der Waals surface area contributed by atoms with Gasteiger partial charge >= 0.3 is 0 Å². The van der Waals surface area contributed by atoms with Crippen molar-refractivity contribution < 1.29 is 5.21 Å². The van der Waals surface area contributed by atoms with Crippen molar-refractivity contribution in [3.63, 3.8) is 0 Å². The van der Waals surface area contributed by atoms with Crippen molar-refractivity contribution >= 4 is 5.71 Å². The van der Waals surface area contributed by atoms with E-state index in [2.05, 4.69) is 21.2 Å². The molecule has 4 aromatic rings. The van der Waals surface area contributed by atoms with Gasteiger partial charge in [-0.2, -0.15) is 0 Å². The van der Waals surface area contributed by atoms with Crippen LogP contribution in [-0.2, 0) is 6.42 Å². The van der Waals surface area contributed by atoms with Gasteiger partial charge in [0.25, 0.3) is 0 Å². The van der Waals surface area contributed by atoms with E-state index >= 15 is 0 Å². The second-order valence-electron chi connectivity index (χ2n) is 6.83. The number of fused-ring (bicyclic) bond motifs is 1. The van der Waals surface area contributed by atoms with E-state index in [0.717, 1.165) is 58.0 Å². The fourth-order valence-electron chi connectivity index (χ4n) is 3.76. The smallest absolute Gasteiger partial charge is 0.138 e. The van der Waals surface area contributed by atoms with E-state index in [1.165, 1.54) is 5.56 Å². The van der Waals surface area contributed by atoms with Crippen LogP contribution >= 0.6 is 0 Å². The fraction of sp³-hybridized carbons (Fsp3) is 0.0870. The molecule has 5 rings (SSSR count). The molecule has 0 aliphatic heterocycles. The molecule has 0 bridgehead atoms. The number of oxime groups is 1. The highest BCUT2D eigenvalue weighted by Crippen LogP contribution is 2.35. The van der Waals surface area contributed by atoms with Gasteiger partial charge in [-0.1, -0.05) is 47.6 Å². The van der Waals surface area contributed by atoms with Crippen molar-refractivity contribution in [3.8, 4) is 33.9 Å². The summed E-state index contributed by atoms with van der Waals surface area (Å²) in [6.07, 6.45) is 5.22. The summed E-state index contributed by atoms with van der Waals surface area (Å²) < 4.78 is 0. The quantitative estimate of drug-likeness (QED) is 0.399. The Morgan fingerprint density at radius 3 is 2.46 bits per heavy atom. The summed E-state index contributed by atoms with van der Waals surface area (Å²) in [5, 5.41) is 12.6. The first-order chi connectivity index (χ1) is 13.8. The number of aromatic amines is 1.